The average molecular weight is 474 g/mol. The first-order chi connectivity index (χ1) is 17.0. The number of fused-ring (bicyclic) bond motifs is 1. The Balaban J connectivity index is 1.60. The zero-order valence-electron chi connectivity index (χ0n) is 18.7. The number of rotatable bonds is 7. The molecule has 0 amide bonds. The summed E-state index contributed by atoms with van der Waals surface area (Å²) < 4.78 is 18.2. The number of amidine groups is 1. The third-order valence-corrected chi connectivity index (χ3v) is 5.34. The molecule has 2 aromatic carbocycles. The second-order valence-electron chi connectivity index (χ2n) is 7.59. The fourth-order valence-corrected chi connectivity index (χ4v) is 3.69. The minimum atomic E-state index is -0.624. The Morgan fingerprint density at radius 1 is 1.20 bits per heavy atom. The molecule has 0 radical (unpaired) electrons. The zero-order valence-corrected chi connectivity index (χ0v) is 18.7. The van der Waals surface area contributed by atoms with Gasteiger partial charge in [-0.15, -0.1) is 9.78 Å². The lowest BCUT2D eigenvalue weighted by molar-refractivity contribution is 0.165. The molecule has 1 aliphatic heterocycles. The molecule has 4 aromatic rings. The molecule has 12 nitrogen and oxygen atoms in total. The third kappa shape index (κ3) is 4.36. The third-order valence-electron chi connectivity index (χ3n) is 5.34. The summed E-state index contributed by atoms with van der Waals surface area (Å²) in [6.45, 7) is 0.822. The molecule has 2 aromatic heterocycles. The monoisotopic (exact) mass is 474 g/mol. The van der Waals surface area contributed by atoms with Crippen LogP contribution in [0, 0.1) is 5.41 Å². The van der Waals surface area contributed by atoms with Crippen molar-refractivity contribution in [3.05, 3.63) is 82.3 Å². The molecule has 12 heteroatoms. The quantitative estimate of drug-likeness (QED) is 0.230. The van der Waals surface area contributed by atoms with Gasteiger partial charge in [-0.3, -0.25) is 10.4 Å². The summed E-state index contributed by atoms with van der Waals surface area (Å²) in [4.78, 5) is 23.8. The molecule has 0 fully saturated rings. The molecule has 0 spiro atoms. The van der Waals surface area contributed by atoms with Crippen LogP contribution in [0.1, 0.15) is 23.0 Å². The standard InChI is InChI=1S/C23H22N8O4/c1-33-16-11-14(12-17-19(16)35-10-9-34-17)18(28-15-5-3-13(4-6-15)20(24)25)21-29-23(32)31(30-21)22-26-7-2-8-27-22/h2-8,11-12,18,28H,9-10H2,1H3,(H3,24,25)(H,29,30,32). The van der Waals surface area contributed by atoms with Crippen molar-refractivity contribution in [2.24, 2.45) is 5.73 Å². The van der Waals surface area contributed by atoms with Crippen LogP contribution in [-0.4, -0.2) is 50.9 Å². The van der Waals surface area contributed by atoms with Crippen LogP contribution in [0.2, 0.25) is 0 Å². The lowest BCUT2D eigenvalue weighted by Crippen LogP contribution is -2.19. The van der Waals surface area contributed by atoms with Gasteiger partial charge in [0.15, 0.2) is 17.3 Å². The molecule has 0 aliphatic carbocycles. The number of H-pyrrole nitrogens is 1. The summed E-state index contributed by atoms with van der Waals surface area (Å²) >= 11 is 0. The molecule has 178 valence electrons. The summed E-state index contributed by atoms with van der Waals surface area (Å²) in [7, 11) is 1.55. The number of ether oxygens (including phenoxy) is 3. The Kier molecular flexibility index (Phi) is 5.75. The first-order valence-corrected chi connectivity index (χ1v) is 10.7. The van der Waals surface area contributed by atoms with Crippen molar-refractivity contribution < 1.29 is 14.2 Å². The van der Waals surface area contributed by atoms with E-state index in [2.05, 4.69) is 25.4 Å². The van der Waals surface area contributed by atoms with Crippen molar-refractivity contribution in [2.75, 3.05) is 25.6 Å². The van der Waals surface area contributed by atoms with Gasteiger partial charge in [0.25, 0.3) is 5.95 Å². The van der Waals surface area contributed by atoms with Crippen LogP contribution >= 0.6 is 0 Å². The minimum Gasteiger partial charge on any atom is -0.493 e. The van der Waals surface area contributed by atoms with E-state index >= 15 is 0 Å². The number of aromatic amines is 1. The van der Waals surface area contributed by atoms with Crippen molar-refractivity contribution in [3.8, 4) is 23.2 Å². The smallest absolute Gasteiger partial charge is 0.350 e. The number of methoxy groups -OCH3 is 1. The van der Waals surface area contributed by atoms with Crippen molar-refractivity contribution >= 4 is 11.5 Å². The first-order valence-electron chi connectivity index (χ1n) is 10.7. The number of anilines is 1. The van der Waals surface area contributed by atoms with Crippen molar-refractivity contribution in [2.45, 2.75) is 6.04 Å². The highest BCUT2D eigenvalue weighted by atomic mass is 16.6. The van der Waals surface area contributed by atoms with E-state index in [0.717, 1.165) is 4.68 Å². The van der Waals surface area contributed by atoms with E-state index in [1.54, 1.807) is 43.5 Å². The molecule has 3 heterocycles. The molecular formula is C23H22N8O4. The lowest BCUT2D eigenvalue weighted by Gasteiger charge is -2.24. The molecule has 5 rings (SSSR count). The second kappa shape index (κ2) is 9.17. The predicted octanol–water partition coefficient (Wildman–Crippen LogP) is 1.62. The van der Waals surface area contributed by atoms with Crippen LogP contribution < -0.4 is 31.0 Å². The zero-order chi connectivity index (χ0) is 24.4. The molecule has 1 aliphatic rings. The van der Waals surface area contributed by atoms with Gasteiger partial charge in [-0.25, -0.2) is 14.8 Å². The largest absolute Gasteiger partial charge is 0.493 e. The maximum Gasteiger partial charge on any atom is 0.350 e. The summed E-state index contributed by atoms with van der Waals surface area (Å²) in [6.07, 6.45) is 3.06. The summed E-state index contributed by atoms with van der Waals surface area (Å²) in [5.74, 6) is 1.96. The van der Waals surface area contributed by atoms with Crippen molar-refractivity contribution in [1.29, 1.82) is 5.41 Å². The highest BCUT2D eigenvalue weighted by Gasteiger charge is 2.26. The van der Waals surface area contributed by atoms with E-state index in [-0.39, 0.29) is 11.8 Å². The van der Waals surface area contributed by atoms with Crippen molar-refractivity contribution in [1.82, 2.24) is 24.7 Å². The number of nitrogens with zero attached hydrogens (tertiary/aromatic N) is 4. The predicted molar refractivity (Wildman–Crippen MR) is 127 cm³/mol. The highest BCUT2D eigenvalue weighted by molar-refractivity contribution is 5.95. The SMILES string of the molecule is COc1cc(C(Nc2ccc(C(=N)N)cc2)c2nn(-c3ncccn3)c(=O)[nH]2)cc2c1OCCO2. The second-order valence-corrected chi connectivity index (χ2v) is 7.59. The summed E-state index contributed by atoms with van der Waals surface area (Å²) in [5, 5.41) is 15.4. The van der Waals surface area contributed by atoms with E-state index < -0.39 is 11.7 Å². The van der Waals surface area contributed by atoms with Crippen LogP contribution in [0.5, 0.6) is 17.2 Å². The summed E-state index contributed by atoms with van der Waals surface area (Å²) in [5.41, 5.74) is 7.09. The van der Waals surface area contributed by atoms with Crippen LogP contribution in [0.25, 0.3) is 5.95 Å². The Bertz CT molecular complexity index is 1400. The first kappa shape index (κ1) is 21.9. The van der Waals surface area contributed by atoms with Gasteiger partial charge in [0.05, 0.1) is 7.11 Å². The normalized spacial score (nSPS) is 13.2. The molecule has 35 heavy (non-hydrogen) atoms. The van der Waals surface area contributed by atoms with E-state index in [0.29, 0.717) is 53.1 Å². The molecule has 1 unspecified atom stereocenters. The topological polar surface area (TPSA) is 166 Å². The van der Waals surface area contributed by atoms with Crippen LogP contribution in [0.3, 0.4) is 0 Å². The fourth-order valence-electron chi connectivity index (χ4n) is 3.69. The van der Waals surface area contributed by atoms with Gasteiger partial charge in [0, 0.05) is 23.6 Å². The Hall–Kier alpha value is -4.87. The van der Waals surface area contributed by atoms with E-state index in [1.807, 2.05) is 6.07 Å². The van der Waals surface area contributed by atoms with Gasteiger partial charge in [-0.05, 0) is 48.0 Å². The Labute approximate surface area is 199 Å². The van der Waals surface area contributed by atoms with Crippen LogP contribution in [0.4, 0.5) is 5.69 Å². The number of benzene rings is 2. The number of hydrogen-bond donors (Lipinski definition) is 4. The number of aromatic nitrogens is 5. The molecular weight excluding hydrogens is 452 g/mol. The number of nitrogens with one attached hydrogen (secondary N) is 3. The molecule has 1 atom stereocenters. The van der Waals surface area contributed by atoms with Gasteiger partial charge < -0.3 is 25.3 Å². The van der Waals surface area contributed by atoms with E-state index in [4.69, 9.17) is 25.4 Å². The lowest BCUT2D eigenvalue weighted by atomic mass is 10.0. The molecule has 0 saturated carbocycles. The van der Waals surface area contributed by atoms with Crippen LogP contribution in [0.15, 0.2) is 59.7 Å². The Morgan fingerprint density at radius 3 is 2.66 bits per heavy atom. The highest BCUT2D eigenvalue weighted by Crippen LogP contribution is 2.42. The molecule has 0 bridgehead atoms. The number of nitrogens with two attached hydrogens (primary N) is 1. The molecule has 5 N–H and O–H groups in total. The summed E-state index contributed by atoms with van der Waals surface area (Å²) in [6, 6.07) is 11.7. The van der Waals surface area contributed by atoms with Crippen molar-refractivity contribution in [3.63, 3.8) is 0 Å². The fraction of sp³-hybridized carbons (Fsp3) is 0.174. The van der Waals surface area contributed by atoms with Gasteiger partial charge in [0.1, 0.15) is 25.1 Å². The molecule has 0 saturated heterocycles. The maximum absolute atomic E-state index is 12.7. The average Bonchev–Trinajstić information content (AvgIpc) is 3.28. The minimum absolute atomic E-state index is 0.0318. The van der Waals surface area contributed by atoms with Gasteiger partial charge in [-0.2, -0.15) is 0 Å². The van der Waals surface area contributed by atoms with Gasteiger partial charge in [-0.1, -0.05) is 0 Å². The van der Waals surface area contributed by atoms with E-state index in [1.165, 1.54) is 12.4 Å². The van der Waals surface area contributed by atoms with Gasteiger partial charge >= 0.3 is 5.69 Å². The van der Waals surface area contributed by atoms with E-state index in [9.17, 15) is 4.79 Å². The Morgan fingerprint density at radius 2 is 1.94 bits per heavy atom. The number of hydrogen-bond acceptors (Lipinski definition) is 9. The maximum atomic E-state index is 12.7. The van der Waals surface area contributed by atoms with Gasteiger partial charge in [0.2, 0.25) is 5.75 Å². The van der Waals surface area contributed by atoms with Crippen LogP contribution in [-0.2, 0) is 0 Å². The number of nitrogen functional groups attached to an aromatic ring is 1.